The summed E-state index contributed by atoms with van der Waals surface area (Å²) in [4.78, 5) is 12.7. The van der Waals surface area contributed by atoms with Gasteiger partial charge in [-0.1, -0.05) is 63.8 Å². The van der Waals surface area contributed by atoms with Gasteiger partial charge in [0.25, 0.3) is 0 Å². The third-order valence-electron chi connectivity index (χ3n) is 3.36. The first kappa shape index (κ1) is 24.2. The first-order chi connectivity index (χ1) is 10.2. The summed E-state index contributed by atoms with van der Waals surface area (Å²) in [5.41, 5.74) is 0. The average Bonchev–Trinajstić information content (AvgIpc) is 2.45. The maximum atomic E-state index is 10.8. The Labute approximate surface area is 159 Å². The number of hydrogen-bond acceptors (Lipinski definition) is 3. The first-order valence-electron chi connectivity index (χ1n) is 8.42. The van der Waals surface area contributed by atoms with Crippen LogP contribution in [-0.2, 0) is 4.79 Å². The van der Waals surface area contributed by atoms with Crippen molar-refractivity contribution in [2.45, 2.75) is 65.2 Å². The van der Waals surface area contributed by atoms with Crippen molar-refractivity contribution in [2.75, 3.05) is 19.6 Å². The van der Waals surface area contributed by atoms with Gasteiger partial charge in [0.05, 0.1) is 5.97 Å². The van der Waals surface area contributed by atoms with Gasteiger partial charge in [-0.05, 0) is 25.7 Å². The molecule has 4 heteroatoms. The molecule has 0 aromatic carbocycles. The Kier molecular flexibility index (Phi) is 20.8. The Hall–Kier alpha value is -0.0900. The van der Waals surface area contributed by atoms with E-state index in [2.05, 4.69) is 38.2 Å². The summed E-state index contributed by atoms with van der Waals surface area (Å²) in [7, 11) is 0. The van der Waals surface area contributed by atoms with Crippen LogP contribution < -0.4 is 34.7 Å². The van der Waals surface area contributed by atoms with E-state index >= 15 is 0 Å². The Bertz CT molecular complexity index is 281. The Morgan fingerprint density at radius 2 is 1.27 bits per heavy atom. The molecule has 0 heterocycles. The van der Waals surface area contributed by atoms with Gasteiger partial charge in [-0.3, -0.25) is 4.90 Å². The average molecular weight is 317 g/mol. The molecule has 0 N–H and O–H groups in total. The number of nitrogens with zero attached hydrogens (tertiary/aromatic N) is 1. The number of carbonyl (C=O) groups is 1. The van der Waals surface area contributed by atoms with Crippen LogP contribution in [-0.4, -0.2) is 30.5 Å². The van der Waals surface area contributed by atoms with Crippen molar-refractivity contribution >= 4 is 5.97 Å². The second kappa shape index (κ2) is 19.0. The Morgan fingerprint density at radius 1 is 0.864 bits per heavy atom. The molecule has 0 atom stereocenters. The number of unbranched alkanes of at least 4 members (excludes halogenated alkanes) is 4. The molecule has 0 aromatic rings. The summed E-state index contributed by atoms with van der Waals surface area (Å²) in [5.74, 6) is -0.986. The fraction of sp³-hybridized carbons (Fsp3) is 0.722. The van der Waals surface area contributed by atoms with Gasteiger partial charge in [0.2, 0.25) is 0 Å². The predicted octanol–water partition coefficient (Wildman–Crippen LogP) is 0.315. The Morgan fingerprint density at radius 3 is 1.64 bits per heavy atom. The standard InChI is InChI=1S/C18H33NO2.Na/c1-3-5-7-9-11-13-15-19(17-18(20)21)16-14-12-10-8-6-4-2;/h9-12H,3-8,13-17H2,1-2H3,(H,20,21);/q;+1/p-1/b11-9+,12-10+;. The molecule has 0 aromatic heterocycles. The van der Waals surface area contributed by atoms with Crippen molar-refractivity contribution in [1.29, 1.82) is 0 Å². The Balaban J connectivity index is 0. The van der Waals surface area contributed by atoms with Crippen LogP contribution in [0.5, 0.6) is 0 Å². The molecule has 22 heavy (non-hydrogen) atoms. The monoisotopic (exact) mass is 317 g/mol. The molecule has 3 nitrogen and oxygen atoms in total. The van der Waals surface area contributed by atoms with E-state index in [0.717, 1.165) is 38.8 Å². The molecule has 0 aliphatic heterocycles. The normalized spacial score (nSPS) is 11.4. The topological polar surface area (TPSA) is 43.4 Å². The molecule has 122 valence electrons. The van der Waals surface area contributed by atoms with E-state index in [1.807, 2.05) is 4.90 Å². The summed E-state index contributed by atoms with van der Waals surface area (Å²) < 4.78 is 0. The van der Waals surface area contributed by atoms with E-state index in [-0.39, 0.29) is 36.1 Å². The smallest absolute Gasteiger partial charge is 0.549 e. The van der Waals surface area contributed by atoms with Gasteiger partial charge in [-0.25, -0.2) is 0 Å². The largest absolute Gasteiger partial charge is 1.00 e. The molecular formula is C18H32NNaO2. The van der Waals surface area contributed by atoms with Gasteiger partial charge in [-0.2, -0.15) is 0 Å². The van der Waals surface area contributed by atoms with Crippen molar-refractivity contribution in [3.8, 4) is 0 Å². The quantitative estimate of drug-likeness (QED) is 0.263. The summed E-state index contributed by atoms with van der Waals surface area (Å²) in [5, 5.41) is 10.8. The number of hydrogen-bond donors (Lipinski definition) is 0. The molecule has 0 radical (unpaired) electrons. The first-order valence-corrected chi connectivity index (χ1v) is 8.42. The molecule has 0 saturated carbocycles. The van der Waals surface area contributed by atoms with Crippen LogP contribution in [0.15, 0.2) is 24.3 Å². The van der Waals surface area contributed by atoms with Crippen molar-refractivity contribution in [3.05, 3.63) is 24.3 Å². The number of carbonyl (C=O) groups excluding carboxylic acids is 1. The minimum Gasteiger partial charge on any atom is -0.549 e. The van der Waals surface area contributed by atoms with E-state index in [1.165, 1.54) is 25.7 Å². The summed E-state index contributed by atoms with van der Waals surface area (Å²) >= 11 is 0. The van der Waals surface area contributed by atoms with Crippen LogP contribution in [0.25, 0.3) is 0 Å². The summed E-state index contributed by atoms with van der Waals surface area (Å²) in [6.07, 6.45) is 17.7. The molecule has 0 rings (SSSR count). The zero-order valence-electron chi connectivity index (χ0n) is 14.9. The van der Waals surface area contributed by atoms with Gasteiger partial charge < -0.3 is 9.90 Å². The van der Waals surface area contributed by atoms with Crippen LogP contribution in [0.2, 0.25) is 0 Å². The third-order valence-corrected chi connectivity index (χ3v) is 3.36. The van der Waals surface area contributed by atoms with Crippen molar-refractivity contribution in [3.63, 3.8) is 0 Å². The minimum atomic E-state index is -0.986. The van der Waals surface area contributed by atoms with Crippen LogP contribution >= 0.6 is 0 Å². The number of carboxylic acid groups (broad SMARTS) is 1. The number of carboxylic acids is 1. The second-order valence-corrected chi connectivity index (χ2v) is 5.45. The number of rotatable bonds is 14. The molecule has 0 fully saturated rings. The maximum absolute atomic E-state index is 10.8. The van der Waals surface area contributed by atoms with Gasteiger partial charge in [-0.15, -0.1) is 0 Å². The van der Waals surface area contributed by atoms with Crippen LogP contribution in [0.4, 0.5) is 0 Å². The zero-order chi connectivity index (χ0) is 15.8. The second-order valence-electron chi connectivity index (χ2n) is 5.45. The third kappa shape index (κ3) is 18.0. The summed E-state index contributed by atoms with van der Waals surface area (Å²) in [6.45, 7) is 5.98. The zero-order valence-corrected chi connectivity index (χ0v) is 16.9. The molecule has 0 aliphatic rings. The molecular weight excluding hydrogens is 285 g/mol. The molecule has 0 amide bonds. The van der Waals surface area contributed by atoms with Gasteiger partial charge >= 0.3 is 29.6 Å². The van der Waals surface area contributed by atoms with Gasteiger partial charge in [0.1, 0.15) is 0 Å². The van der Waals surface area contributed by atoms with Crippen LogP contribution in [0.1, 0.15) is 65.2 Å². The SMILES string of the molecule is CCCC/C=C/CCN(CC/C=C/CCCC)CC(=O)[O-].[Na+]. The fourth-order valence-corrected chi connectivity index (χ4v) is 2.08. The van der Waals surface area contributed by atoms with E-state index < -0.39 is 5.97 Å². The van der Waals surface area contributed by atoms with Crippen molar-refractivity contribution < 1.29 is 39.5 Å². The predicted molar refractivity (Wildman–Crippen MR) is 88.0 cm³/mol. The molecule has 0 bridgehead atoms. The van der Waals surface area contributed by atoms with Gasteiger partial charge in [0.15, 0.2) is 0 Å². The summed E-state index contributed by atoms with van der Waals surface area (Å²) in [6, 6.07) is 0. The maximum Gasteiger partial charge on any atom is 1.00 e. The number of allylic oxidation sites excluding steroid dienone is 2. The molecule has 0 aliphatic carbocycles. The molecule has 0 unspecified atom stereocenters. The van der Waals surface area contributed by atoms with Crippen LogP contribution in [0, 0.1) is 0 Å². The van der Waals surface area contributed by atoms with E-state index in [9.17, 15) is 9.90 Å². The van der Waals surface area contributed by atoms with E-state index in [4.69, 9.17) is 0 Å². The fourth-order valence-electron chi connectivity index (χ4n) is 2.08. The number of aliphatic carboxylic acids is 1. The van der Waals surface area contributed by atoms with E-state index in [1.54, 1.807) is 0 Å². The van der Waals surface area contributed by atoms with Crippen LogP contribution in [0.3, 0.4) is 0 Å². The molecule has 0 saturated heterocycles. The molecule has 0 spiro atoms. The van der Waals surface area contributed by atoms with E-state index in [0.29, 0.717) is 0 Å². The van der Waals surface area contributed by atoms with Crippen molar-refractivity contribution in [2.24, 2.45) is 0 Å². The minimum absolute atomic E-state index is 0. The van der Waals surface area contributed by atoms with Crippen molar-refractivity contribution in [1.82, 2.24) is 4.90 Å². The van der Waals surface area contributed by atoms with Gasteiger partial charge in [0, 0.05) is 19.6 Å².